The Kier molecular flexibility index (Phi) is 5.58. The van der Waals surface area contributed by atoms with Crippen molar-refractivity contribution >= 4 is 12.0 Å². The van der Waals surface area contributed by atoms with E-state index in [2.05, 4.69) is 5.32 Å². The van der Waals surface area contributed by atoms with Crippen LogP contribution in [0.2, 0.25) is 0 Å². The molecule has 1 heterocycles. The minimum absolute atomic E-state index is 0.00934. The lowest BCUT2D eigenvalue weighted by Crippen LogP contribution is -2.53. The average Bonchev–Trinajstić information content (AvgIpc) is 2.60. The number of ether oxygens (including phenoxy) is 1. The molecular weight excluding hydrogens is 320 g/mol. The number of hydrogen-bond donors (Lipinski definition) is 2. The number of urea groups is 1. The number of aromatic carboxylic acids is 1. The molecule has 2 fully saturated rings. The third-order valence-electron chi connectivity index (χ3n) is 5.24. The van der Waals surface area contributed by atoms with E-state index in [9.17, 15) is 14.7 Å². The van der Waals surface area contributed by atoms with E-state index in [0.717, 1.165) is 37.9 Å². The van der Waals surface area contributed by atoms with Gasteiger partial charge in [0.2, 0.25) is 0 Å². The number of carboxylic acids is 1. The first kappa shape index (κ1) is 17.7. The third kappa shape index (κ3) is 4.12. The fraction of sp³-hybridized carbons (Fsp3) is 0.579. The Morgan fingerprint density at radius 1 is 1.24 bits per heavy atom. The molecule has 25 heavy (non-hydrogen) atoms. The van der Waals surface area contributed by atoms with Gasteiger partial charge in [-0.1, -0.05) is 18.2 Å². The number of rotatable bonds is 5. The Labute approximate surface area is 148 Å². The summed E-state index contributed by atoms with van der Waals surface area (Å²) in [5.74, 6) is -0.688. The normalized spacial score (nSPS) is 23.8. The van der Waals surface area contributed by atoms with Crippen molar-refractivity contribution in [1.82, 2.24) is 10.2 Å². The molecule has 136 valence electrons. The van der Waals surface area contributed by atoms with Gasteiger partial charge in [-0.15, -0.1) is 0 Å². The fourth-order valence-electron chi connectivity index (χ4n) is 3.76. The molecule has 6 nitrogen and oxygen atoms in total. The monoisotopic (exact) mass is 346 g/mol. The molecule has 0 spiro atoms. The van der Waals surface area contributed by atoms with Gasteiger partial charge in [0.05, 0.1) is 11.7 Å². The van der Waals surface area contributed by atoms with Crippen LogP contribution in [0.5, 0.6) is 0 Å². The van der Waals surface area contributed by atoms with Gasteiger partial charge in [-0.3, -0.25) is 0 Å². The standard InChI is InChI=1S/C19H26N2O4/c1-2-25-15-11-14(12-15)20-19(24)21-9-7-13(8-10-21)16-5-3-4-6-17(16)18(22)23/h3-6,13-15H,2,7-12H2,1H3,(H,20,24)(H,22,23). The van der Waals surface area contributed by atoms with Crippen LogP contribution in [0, 0.1) is 0 Å². The number of nitrogens with one attached hydrogen (secondary N) is 1. The van der Waals surface area contributed by atoms with Gasteiger partial charge in [-0.25, -0.2) is 9.59 Å². The van der Waals surface area contributed by atoms with Crippen molar-refractivity contribution < 1.29 is 19.4 Å². The average molecular weight is 346 g/mol. The molecule has 0 unspecified atom stereocenters. The van der Waals surface area contributed by atoms with E-state index in [4.69, 9.17) is 4.74 Å². The van der Waals surface area contributed by atoms with E-state index in [1.165, 1.54) is 0 Å². The van der Waals surface area contributed by atoms with Crippen molar-refractivity contribution in [3.63, 3.8) is 0 Å². The predicted molar refractivity (Wildman–Crippen MR) is 93.9 cm³/mol. The van der Waals surface area contributed by atoms with Crippen molar-refractivity contribution in [2.45, 2.75) is 50.7 Å². The number of piperidine rings is 1. The number of likely N-dealkylation sites (tertiary alicyclic amines) is 1. The van der Waals surface area contributed by atoms with Crippen molar-refractivity contribution in [2.75, 3.05) is 19.7 Å². The fourth-order valence-corrected chi connectivity index (χ4v) is 3.76. The summed E-state index contributed by atoms with van der Waals surface area (Å²) in [6.45, 7) is 4.02. The molecule has 0 radical (unpaired) electrons. The summed E-state index contributed by atoms with van der Waals surface area (Å²) in [6, 6.07) is 7.39. The summed E-state index contributed by atoms with van der Waals surface area (Å²) in [7, 11) is 0. The predicted octanol–water partition coefficient (Wildman–Crippen LogP) is 2.84. The summed E-state index contributed by atoms with van der Waals surface area (Å²) in [4.78, 5) is 25.6. The number of carbonyl (C=O) groups is 2. The SMILES string of the molecule is CCOC1CC(NC(=O)N2CCC(c3ccccc3C(=O)O)CC2)C1. The number of carboxylic acid groups (broad SMARTS) is 1. The molecular formula is C19H26N2O4. The van der Waals surface area contributed by atoms with Gasteiger partial charge < -0.3 is 20.1 Å². The zero-order valence-electron chi connectivity index (χ0n) is 14.6. The van der Waals surface area contributed by atoms with Crippen molar-refractivity contribution in [2.24, 2.45) is 0 Å². The van der Waals surface area contributed by atoms with E-state index >= 15 is 0 Å². The highest BCUT2D eigenvalue weighted by Gasteiger charge is 2.33. The second kappa shape index (κ2) is 7.87. The van der Waals surface area contributed by atoms with E-state index in [1.54, 1.807) is 12.1 Å². The number of hydrogen-bond acceptors (Lipinski definition) is 3. The molecule has 1 aliphatic carbocycles. The maximum Gasteiger partial charge on any atom is 0.335 e. The van der Waals surface area contributed by atoms with Gasteiger partial charge in [0, 0.05) is 25.7 Å². The lowest BCUT2D eigenvalue weighted by Gasteiger charge is -2.38. The molecule has 0 bridgehead atoms. The smallest absolute Gasteiger partial charge is 0.335 e. The Hall–Kier alpha value is -2.08. The van der Waals surface area contributed by atoms with Gasteiger partial charge in [0.25, 0.3) is 0 Å². The first-order valence-corrected chi connectivity index (χ1v) is 9.07. The summed E-state index contributed by atoms with van der Waals surface area (Å²) in [5, 5.41) is 12.4. The van der Waals surface area contributed by atoms with Crippen molar-refractivity contribution in [3.8, 4) is 0 Å². The zero-order chi connectivity index (χ0) is 17.8. The second-order valence-corrected chi connectivity index (χ2v) is 6.85. The van der Waals surface area contributed by atoms with Crippen LogP contribution in [0.4, 0.5) is 4.79 Å². The molecule has 1 aromatic rings. The molecule has 1 aromatic carbocycles. The van der Waals surface area contributed by atoms with Crippen LogP contribution < -0.4 is 5.32 Å². The Morgan fingerprint density at radius 3 is 2.56 bits per heavy atom. The Morgan fingerprint density at radius 2 is 1.92 bits per heavy atom. The lowest BCUT2D eigenvalue weighted by atomic mass is 9.86. The van der Waals surface area contributed by atoms with Gasteiger partial charge in [-0.05, 0) is 50.2 Å². The molecule has 0 atom stereocenters. The van der Waals surface area contributed by atoms with Crippen LogP contribution in [-0.4, -0.2) is 53.8 Å². The van der Waals surface area contributed by atoms with Crippen molar-refractivity contribution in [1.29, 1.82) is 0 Å². The quantitative estimate of drug-likeness (QED) is 0.859. The maximum atomic E-state index is 12.4. The van der Waals surface area contributed by atoms with Crippen LogP contribution in [0.25, 0.3) is 0 Å². The van der Waals surface area contributed by atoms with Crippen LogP contribution in [-0.2, 0) is 4.74 Å². The first-order valence-electron chi connectivity index (χ1n) is 9.07. The lowest BCUT2D eigenvalue weighted by molar-refractivity contribution is -0.00824. The molecule has 0 aromatic heterocycles. The third-order valence-corrected chi connectivity index (χ3v) is 5.24. The van der Waals surface area contributed by atoms with Gasteiger partial charge in [0.1, 0.15) is 0 Å². The molecule has 1 aliphatic heterocycles. The summed E-state index contributed by atoms with van der Waals surface area (Å²) < 4.78 is 5.52. The number of nitrogens with zero attached hydrogens (tertiary/aromatic N) is 1. The highest BCUT2D eigenvalue weighted by molar-refractivity contribution is 5.89. The summed E-state index contributed by atoms with van der Waals surface area (Å²) >= 11 is 0. The maximum absolute atomic E-state index is 12.4. The van der Waals surface area contributed by atoms with Gasteiger partial charge in [0.15, 0.2) is 0 Å². The molecule has 1 saturated carbocycles. The van der Waals surface area contributed by atoms with E-state index in [-0.39, 0.29) is 24.1 Å². The molecule has 6 heteroatoms. The van der Waals surface area contributed by atoms with Crippen LogP contribution in [0.1, 0.15) is 54.4 Å². The molecule has 2 aliphatic rings. The Balaban J connectivity index is 1.49. The minimum Gasteiger partial charge on any atom is -0.478 e. The first-order chi connectivity index (χ1) is 12.1. The second-order valence-electron chi connectivity index (χ2n) is 6.85. The largest absolute Gasteiger partial charge is 0.478 e. The molecule has 3 rings (SSSR count). The van der Waals surface area contributed by atoms with E-state index in [0.29, 0.717) is 18.7 Å². The van der Waals surface area contributed by atoms with Gasteiger partial charge in [-0.2, -0.15) is 0 Å². The minimum atomic E-state index is -0.885. The van der Waals surface area contributed by atoms with Gasteiger partial charge >= 0.3 is 12.0 Å². The van der Waals surface area contributed by atoms with Crippen LogP contribution in [0.15, 0.2) is 24.3 Å². The highest BCUT2D eigenvalue weighted by Crippen LogP contribution is 2.31. The molecule has 2 amide bonds. The number of benzene rings is 1. The highest BCUT2D eigenvalue weighted by atomic mass is 16.5. The topological polar surface area (TPSA) is 78.9 Å². The van der Waals surface area contributed by atoms with Crippen LogP contribution in [0.3, 0.4) is 0 Å². The summed E-state index contributed by atoms with van der Waals surface area (Å²) in [6.07, 6.45) is 3.66. The van der Waals surface area contributed by atoms with E-state index in [1.807, 2.05) is 24.0 Å². The van der Waals surface area contributed by atoms with Crippen molar-refractivity contribution in [3.05, 3.63) is 35.4 Å². The zero-order valence-corrected chi connectivity index (χ0v) is 14.6. The molecule has 2 N–H and O–H groups in total. The van der Waals surface area contributed by atoms with Crippen LogP contribution >= 0.6 is 0 Å². The Bertz CT molecular complexity index is 620. The molecule has 1 saturated heterocycles. The number of amides is 2. The van der Waals surface area contributed by atoms with E-state index < -0.39 is 5.97 Å². The summed E-state index contributed by atoms with van der Waals surface area (Å²) in [5.41, 5.74) is 1.26. The number of carbonyl (C=O) groups excluding carboxylic acids is 1.